The van der Waals surface area contributed by atoms with Gasteiger partial charge in [-0.3, -0.25) is 4.79 Å². The summed E-state index contributed by atoms with van der Waals surface area (Å²) in [6.07, 6.45) is 2.35. The van der Waals surface area contributed by atoms with Crippen LogP contribution in [0.1, 0.15) is 17.7 Å². The van der Waals surface area contributed by atoms with Crippen LogP contribution in [0.3, 0.4) is 0 Å². The monoisotopic (exact) mass is 321 g/mol. The van der Waals surface area contributed by atoms with Crippen molar-refractivity contribution >= 4 is 15.7 Å². The predicted molar refractivity (Wildman–Crippen MR) is 84.0 cm³/mol. The van der Waals surface area contributed by atoms with E-state index in [-0.39, 0.29) is 30.4 Å². The van der Waals surface area contributed by atoms with Crippen molar-refractivity contribution in [1.29, 1.82) is 0 Å². The Morgan fingerprint density at radius 3 is 2.55 bits per heavy atom. The Kier molecular flexibility index (Phi) is 5.77. The lowest BCUT2D eigenvalue weighted by molar-refractivity contribution is -0.121. The molecule has 0 radical (unpaired) electrons. The predicted octanol–water partition coefficient (Wildman–Crippen LogP) is 1.94. The number of amides is 1. The maximum atomic E-state index is 12.0. The number of nitrogens with one attached hydrogen (secondary N) is 1. The summed E-state index contributed by atoms with van der Waals surface area (Å²) >= 11 is 0. The van der Waals surface area contributed by atoms with Crippen LogP contribution in [-0.4, -0.2) is 26.6 Å². The van der Waals surface area contributed by atoms with Gasteiger partial charge in [0.2, 0.25) is 5.91 Å². The van der Waals surface area contributed by atoms with Gasteiger partial charge in [0.15, 0.2) is 9.84 Å². The van der Waals surface area contributed by atoms with Crippen LogP contribution in [0, 0.1) is 0 Å². The van der Waals surface area contributed by atoms with Crippen LogP contribution in [0.4, 0.5) is 0 Å². The van der Waals surface area contributed by atoms with Gasteiger partial charge in [0.1, 0.15) is 5.76 Å². The molecule has 2 rings (SSSR count). The zero-order chi connectivity index (χ0) is 15.8. The van der Waals surface area contributed by atoms with Crippen molar-refractivity contribution in [3.05, 3.63) is 60.1 Å². The van der Waals surface area contributed by atoms with Crippen LogP contribution >= 0.6 is 0 Å². The minimum Gasteiger partial charge on any atom is -0.469 e. The fraction of sp³-hybridized carbons (Fsp3) is 0.312. The first-order valence-corrected chi connectivity index (χ1v) is 8.91. The van der Waals surface area contributed by atoms with Crippen LogP contribution in [0.5, 0.6) is 0 Å². The third-order valence-electron chi connectivity index (χ3n) is 3.14. The molecule has 1 heterocycles. The summed E-state index contributed by atoms with van der Waals surface area (Å²) < 4.78 is 29.1. The molecule has 0 fully saturated rings. The highest BCUT2D eigenvalue weighted by atomic mass is 32.2. The number of benzene rings is 1. The smallest absolute Gasteiger partial charge is 0.220 e. The van der Waals surface area contributed by atoms with E-state index in [0.29, 0.717) is 6.42 Å². The van der Waals surface area contributed by atoms with E-state index in [4.69, 9.17) is 4.42 Å². The maximum absolute atomic E-state index is 12.0. The zero-order valence-corrected chi connectivity index (χ0v) is 13.0. The number of rotatable bonds is 8. The SMILES string of the molecule is O=C(CCc1ccco1)NCCS(=O)(=O)Cc1ccccc1. The molecule has 0 aliphatic heterocycles. The largest absolute Gasteiger partial charge is 0.469 e. The molecule has 1 amide bonds. The third-order valence-corrected chi connectivity index (χ3v) is 4.74. The molecule has 0 saturated heterocycles. The van der Waals surface area contributed by atoms with Crippen molar-refractivity contribution in [3.8, 4) is 0 Å². The van der Waals surface area contributed by atoms with E-state index in [1.165, 1.54) is 0 Å². The van der Waals surface area contributed by atoms with Gasteiger partial charge in [-0.2, -0.15) is 0 Å². The summed E-state index contributed by atoms with van der Waals surface area (Å²) in [5.74, 6) is 0.503. The second-order valence-electron chi connectivity index (χ2n) is 5.01. The van der Waals surface area contributed by atoms with E-state index >= 15 is 0 Å². The molecule has 0 bridgehead atoms. The Balaban J connectivity index is 1.69. The average molecular weight is 321 g/mol. The molecule has 0 aliphatic carbocycles. The van der Waals surface area contributed by atoms with Crippen LogP contribution in [0.2, 0.25) is 0 Å². The molecule has 1 aromatic heterocycles. The topological polar surface area (TPSA) is 76.4 Å². The van der Waals surface area contributed by atoms with E-state index < -0.39 is 9.84 Å². The minimum atomic E-state index is -3.22. The summed E-state index contributed by atoms with van der Waals surface area (Å²) in [5, 5.41) is 2.63. The van der Waals surface area contributed by atoms with E-state index in [2.05, 4.69) is 5.32 Å². The highest BCUT2D eigenvalue weighted by Gasteiger charge is 2.12. The molecule has 5 nitrogen and oxygen atoms in total. The van der Waals surface area contributed by atoms with Crippen molar-refractivity contribution in [2.75, 3.05) is 12.3 Å². The Morgan fingerprint density at radius 1 is 1.09 bits per heavy atom. The van der Waals surface area contributed by atoms with Gasteiger partial charge in [-0.1, -0.05) is 30.3 Å². The van der Waals surface area contributed by atoms with Crippen molar-refractivity contribution in [1.82, 2.24) is 5.32 Å². The Hall–Kier alpha value is -2.08. The van der Waals surface area contributed by atoms with Crippen LogP contribution < -0.4 is 5.32 Å². The quantitative estimate of drug-likeness (QED) is 0.806. The van der Waals surface area contributed by atoms with Crippen molar-refractivity contribution in [3.63, 3.8) is 0 Å². The molecular formula is C16H19NO4S. The maximum Gasteiger partial charge on any atom is 0.220 e. The Bertz CT molecular complexity index is 678. The van der Waals surface area contributed by atoms with Gasteiger partial charge in [-0.25, -0.2) is 8.42 Å². The van der Waals surface area contributed by atoms with Crippen molar-refractivity contribution in [2.24, 2.45) is 0 Å². The van der Waals surface area contributed by atoms with Crippen LogP contribution in [-0.2, 0) is 26.8 Å². The van der Waals surface area contributed by atoms with Crippen LogP contribution in [0.25, 0.3) is 0 Å². The highest BCUT2D eigenvalue weighted by molar-refractivity contribution is 7.90. The summed E-state index contributed by atoms with van der Waals surface area (Å²) in [7, 11) is -3.22. The molecule has 118 valence electrons. The van der Waals surface area contributed by atoms with Gasteiger partial charge in [0.05, 0.1) is 17.8 Å². The molecule has 0 saturated carbocycles. The lowest BCUT2D eigenvalue weighted by Crippen LogP contribution is -2.29. The number of carbonyl (C=O) groups is 1. The van der Waals surface area contributed by atoms with E-state index in [1.54, 1.807) is 42.7 Å². The number of hydrogen-bond donors (Lipinski definition) is 1. The second kappa shape index (κ2) is 7.79. The van der Waals surface area contributed by atoms with Gasteiger partial charge in [-0.05, 0) is 17.7 Å². The Morgan fingerprint density at radius 2 is 1.86 bits per heavy atom. The van der Waals surface area contributed by atoms with E-state index in [1.807, 2.05) is 6.07 Å². The molecule has 1 N–H and O–H groups in total. The molecule has 0 atom stereocenters. The van der Waals surface area contributed by atoms with Crippen molar-refractivity contribution in [2.45, 2.75) is 18.6 Å². The summed E-state index contributed by atoms with van der Waals surface area (Å²) in [6, 6.07) is 12.6. The molecule has 0 aliphatic rings. The summed E-state index contributed by atoms with van der Waals surface area (Å²) in [4.78, 5) is 11.6. The number of furan rings is 1. The molecular weight excluding hydrogens is 302 g/mol. The molecule has 0 spiro atoms. The average Bonchev–Trinajstić information content (AvgIpc) is 2.99. The van der Waals surface area contributed by atoms with Gasteiger partial charge in [-0.15, -0.1) is 0 Å². The number of carbonyl (C=O) groups excluding carboxylic acids is 1. The van der Waals surface area contributed by atoms with Gasteiger partial charge >= 0.3 is 0 Å². The zero-order valence-electron chi connectivity index (χ0n) is 12.2. The van der Waals surface area contributed by atoms with Gasteiger partial charge < -0.3 is 9.73 Å². The first-order valence-electron chi connectivity index (χ1n) is 7.08. The fourth-order valence-corrected chi connectivity index (χ4v) is 3.28. The molecule has 1 aromatic carbocycles. The molecule has 2 aromatic rings. The molecule has 0 unspecified atom stereocenters. The van der Waals surface area contributed by atoms with Crippen molar-refractivity contribution < 1.29 is 17.6 Å². The summed E-state index contributed by atoms with van der Waals surface area (Å²) in [5.41, 5.74) is 0.756. The van der Waals surface area contributed by atoms with Crippen LogP contribution in [0.15, 0.2) is 53.1 Å². The first-order chi connectivity index (χ1) is 10.6. The lowest BCUT2D eigenvalue weighted by atomic mass is 10.2. The van der Waals surface area contributed by atoms with Gasteiger partial charge in [0, 0.05) is 19.4 Å². The van der Waals surface area contributed by atoms with E-state index in [0.717, 1.165) is 11.3 Å². The fourth-order valence-electron chi connectivity index (χ4n) is 2.03. The standard InChI is InChI=1S/C16H19NO4S/c18-16(9-8-15-7-4-11-21-15)17-10-12-22(19,20)13-14-5-2-1-3-6-14/h1-7,11H,8-10,12-13H2,(H,17,18). The third kappa shape index (κ3) is 5.73. The second-order valence-corrected chi connectivity index (χ2v) is 7.19. The lowest BCUT2D eigenvalue weighted by Gasteiger charge is -2.06. The summed E-state index contributed by atoms with van der Waals surface area (Å²) in [6.45, 7) is 0.131. The Labute approximate surface area is 130 Å². The number of aryl methyl sites for hydroxylation is 1. The molecule has 22 heavy (non-hydrogen) atoms. The van der Waals surface area contributed by atoms with Gasteiger partial charge in [0.25, 0.3) is 0 Å². The number of hydrogen-bond acceptors (Lipinski definition) is 4. The minimum absolute atomic E-state index is 0.00386. The van der Waals surface area contributed by atoms with E-state index in [9.17, 15) is 13.2 Å². The highest BCUT2D eigenvalue weighted by Crippen LogP contribution is 2.06. The normalized spacial score (nSPS) is 11.3. The number of sulfone groups is 1. The molecule has 6 heteroatoms. The first kappa shape index (κ1) is 16.3.